The first-order valence-corrected chi connectivity index (χ1v) is 5.18. The van der Waals surface area contributed by atoms with Crippen molar-refractivity contribution in [2.75, 3.05) is 5.73 Å². The van der Waals surface area contributed by atoms with E-state index < -0.39 is 0 Å². The quantitative estimate of drug-likeness (QED) is 0.843. The lowest BCUT2D eigenvalue weighted by molar-refractivity contribution is 0.608. The zero-order valence-electron chi connectivity index (χ0n) is 9.07. The molecule has 0 aliphatic heterocycles. The summed E-state index contributed by atoms with van der Waals surface area (Å²) in [6.07, 6.45) is 1.01. The SMILES string of the molecule is N#Cc1c(N)n[nH]c1CCc1ccccc1F. The summed E-state index contributed by atoms with van der Waals surface area (Å²) in [6, 6.07) is 8.55. The van der Waals surface area contributed by atoms with Crippen molar-refractivity contribution in [1.29, 1.82) is 5.26 Å². The lowest BCUT2D eigenvalue weighted by Gasteiger charge is -2.01. The average Bonchev–Trinajstić information content (AvgIpc) is 2.69. The van der Waals surface area contributed by atoms with Crippen molar-refractivity contribution >= 4 is 5.82 Å². The van der Waals surface area contributed by atoms with E-state index >= 15 is 0 Å². The zero-order chi connectivity index (χ0) is 12.3. The van der Waals surface area contributed by atoms with Crippen LogP contribution < -0.4 is 5.73 Å². The fourth-order valence-electron chi connectivity index (χ4n) is 1.66. The van der Waals surface area contributed by atoms with E-state index in [1.807, 2.05) is 6.07 Å². The summed E-state index contributed by atoms with van der Waals surface area (Å²) in [5.41, 5.74) is 7.12. The molecule has 0 fully saturated rings. The van der Waals surface area contributed by atoms with Gasteiger partial charge in [0, 0.05) is 0 Å². The van der Waals surface area contributed by atoms with Crippen molar-refractivity contribution in [1.82, 2.24) is 10.2 Å². The Morgan fingerprint density at radius 2 is 2.12 bits per heavy atom. The number of rotatable bonds is 3. The number of halogens is 1. The Hall–Kier alpha value is -2.35. The number of benzene rings is 1. The lowest BCUT2D eigenvalue weighted by atomic mass is 10.1. The summed E-state index contributed by atoms with van der Waals surface area (Å²) in [6.45, 7) is 0. The van der Waals surface area contributed by atoms with Gasteiger partial charge in [-0.1, -0.05) is 18.2 Å². The van der Waals surface area contributed by atoms with Gasteiger partial charge in [-0.25, -0.2) is 4.39 Å². The Labute approximate surface area is 97.9 Å². The van der Waals surface area contributed by atoms with Crippen molar-refractivity contribution < 1.29 is 4.39 Å². The first-order chi connectivity index (χ1) is 8.22. The highest BCUT2D eigenvalue weighted by Crippen LogP contribution is 2.15. The van der Waals surface area contributed by atoms with E-state index in [-0.39, 0.29) is 11.6 Å². The molecular weight excluding hydrogens is 219 g/mol. The summed E-state index contributed by atoms with van der Waals surface area (Å²) < 4.78 is 13.4. The van der Waals surface area contributed by atoms with Gasteiger partial charge in [-0.3, -0.25) is 5.10 Å². The van der Waals surface area contributed by atoms with Crippen LogP contribution in [0.2, 0.25) is 0 Å². The van der Waals surface area contributed by atoms with Gasteiger partial charge >= 0.3 is 0 Å². The summed E-state index contributed by atoms with van der Waals surface area (Å²) in [7, 11) is 0. The lowest BCUT2D eigenvalue weighted by Crippen LogP contribution is -1.97. The Bertz CT molecular complexity index is 568. The molecular formula is C12H11FN4. The molecule has 2 aromatic rings. The molecule has 1 aromatic heterocycles. The summed E-state index contributed by atoms with van der Waals surface area (Å²) in [4.78, 5) is 0. The molecule has 3 N–H and O–H groups in total. The number of nitrogen functional groups attached to an aromatic ring is 1. The van der Waals surface area contributed by atoms with Crippen LogP contribution in [0.3, 0.4) is 0 Å². The molecule has 0 saturated carbocycles. The van der Waals surface area contributed by atoms with Gasteiger partial charge in [0.05, 0.1) is 5.69 Å². The van der Waals surface area contributed by atoms with E-state index in [2.05, 4.69) is 10.2 Å². The van der Waals surface area contributed by atoms with Crippen LogP contribution >= 0.6 is 0 Å². The molecule has 0 amide bonds. The number of nitrogens with two attached hydrogens (primary N) is 1. The van der Waals surface area contributed by atoms with E-state index in [0.717, 1.165) is 0 Å². The number of nitriles is 1. The van der Waals surface area contributed by atoms with Crippen LogP contribution in [0.4, 0.5) is 10.2 Å². The summed E-state index contributed by atoms with van der Waals surface area (Å²) >= 11 is 0. The average molecular weight is 230 g/mol. The molecule has 0 atom stereocenters. The molecule has 4 nitrogen and oxygen atoms in total. The molecule has 0 aliphatic rings. The Morgan fingerprint density at radius 1 is 1.35 bits per heavy atom. The van der Waals surface area contributed by atoms with Crippen LogP contribution in [0.15, 0.2) is 24.3 Å². The Morgan fingerprint density at radius 3 is 2.82 bits per heavy atom. The molecule has 17 heavy (non-hydrogen) atoms. The Balaban J connectivity index is 2.13. The van der Waals surface area contributed by atoms with Crippen LogP contribution in [0.25, 0.3) is 0 Å². The molecule has 0 unspecified atom stereocenters. The first-order valence-electron chi connectivity index (χ1n) is 5.18. The second-order valence-corrected chi connectivity index (χ2v) is 3.67. The second kappa shape index (κ2) is 4.66. The van der Waals surface area contributed by atoms with Crippen molar-refractivity contribution in [2.45, 2.75) is 12.8 Å². The predicted octanol–water partition coefficient (Wildman–Crippen LogP) is 1.79. The minimum atomic E-state index is -0.238. The molecule has 0 saturated heterocycles. The molecule has 0 bridgehead atoms. The van der Waals surface area contributed by atoms with Gasteiger partial charge in [0.15, 0.2) is 5.82 Å². The zero-order valence-corrected chi connectivity index (χ0v) is 9.07. The fraction of sp³-hybridized carbons (Fsp3) is 0.167. The second-order valence-electron chi connectivity index (χ2n) is 3.67. The number of hydrogen-bond acceptors (Lipinski definition) is 3. The third-order valence-corrected chi connectivity index (χ3v) is 2.58. The van der Waals surface area contributed by atoms with E-state index in [1.165, 1.54) is 6.07 Å². The predicted molar refractivity (Wildman–Crippen MR) is 61.5 cm³/mol. The van der Waals surface area contributed by atoms with Gasteiger partial charge in [-0.15, -0.1) is 0 Å². The number of anilines is 1. The van der Waals surface area contributed by atoms with Gasteiger partial charge in [0.2, 0.25) is 0 Å². The van der Waals surface area contributed by atoms with E-state index in [9.17, 15) is 4.39 Å². The van der Waals surface area contributed by atoms with Gasteiger partial charge in [-0.2, -0.15) is 10.4 Å². The normalized spacial score (nSPS) is 10.1. The maximum absolute atomic E-state index is 13.4. The van der Waals surface area contributed by atoms with Gasteiger partial charge < -0.3 is 5.73 Å². The number of H-pyrrole nitrogens is 1. The van der Waals surface area contributed by atoms with Gasteiger partial charge in [-0.05, 0) is 24.5 Å². The third kappa shape index (κ3) is 2.26. The molecule has 5 heteroatoms. The summed E-state index contributed by atoms with van der Waals surface area (Å²) in [5, 5.41) is 15.3. The van der Waals surface area contributed by atoms with E-state index in [0.29, 0.717) is 29.7 Å². The number of nitrogens with zero attached hydrogens (tertiary/aromatic N) is 2. The van der Waals surface area contributed by atoms with Crippen LogP contribution in [0.5, 0.6) is 0 Å². The fourth-order valence-corrected chi connectivity index (χ4v) is 1.66. The van der Waals surface area contributed by atoms with Crippen LogP contribution in [-0.2, 0) is 12.8 Å². The number of aromatic nitrogens is 2. The number of aryl methyl sites for hydroxylation is 2. The van der Waals surface area contributed by atoms with Crippen molar-refractivity contribution in [2.24, 2.45) is 0 Å². The summed E-state index contributed by atoms with van der Waals surface area (Å²) in [5.74, 6) is -0.0467. The molecule has 0 spiro atoms. The molecule has 0 radical (unpaired) electrons. The molecule has 1 heterocycles. The molecule has 2 rings (SSSR count). The minimum absolute atomic E-state index is 0.191. The van der Waals surface area contributed by atoms with Crippen LogP contribution in [0, 0.1) is 17.1 Å². The smallest absolute Gasteiger partial charge is 0.163 e. The van der Waals surface area contributed by atoms with Crippen molar-refractivity contribution in [3.63, 3.8) is 0 Å². The van der Waals surface area contributed by atoms with Crippen LogP contribution in [0.1, 0.15) is 16.8 Å². The third-order valence-electron chi connectivity index (χ3n) is 2.58. The number of nitrogens with one attached hydrogen (secondary N) is 1. The minimum Gasteiger partial charge on any atom is -0.381 e. The molecule has 1 aromatic carbocycles. The first kappa shape index (κ1) is 11.1. The van der Waals surface area contributed by atoms with E-state index in [4.69, 9.17) is 11.0 Å². The number of hydrogen-bond donors (Lipinski definition) is 2. The Kier molecular flexibility index (Phi) is 3.06. The standard InChI is InChI=1S/C12H11FN4/c13-10-4-2-1-3-8(10)5-6-11-9(7-14)12(15)17-16-11/h1-4H,5-6H2,(H3,15,16,17). The largest absolute Gasteiger partial charge is 0.381 e. The topological polar surface area (TPSA) is 78.5 Å². The maximum atomic E-state index is 13.4. The highest BCUT2D eigenvalue weighted by Gasteiger charge is 2.10. The van der Waals surface area contributed by atoms with Gasteiger partial charge in [0.25, 0.3) is 0 Å². The highest BCUT2D eigenvalue weighted by atomic mass is 19.1. The van der Waals surface area contributed by atoms with Gasteiger partial charge in [0.1, 0.15) is 17.4 Å². The highest BCUT2D eigenvalue weighted by molar-refractivity contribution is 5.51. The van der Waals surface area contributed by atoms with Crippen molar-refractivity contribution in [3.8, 4) is 6.07 Å². The van der Waals surface area contributed by atoms with Crippen molar-refractivity contribution in [3.05, 3.63) is 46.9 Å². The number of aromatic amines is 1. The van der Waals surface area contributed by atoms with E-state index in [1.54, 1.807) is 18.2 Å². The monoisotopic (exact) mass is 230 g/mol. The molecule has 86 valence electrons. The maximum Gasteiger partial charge on any atom is 0.163 e. The molecule has 0 aliphatic carbocycles. The van der Waals surface area contributed by atoms with Crippen LogP contribution in [-0.4, -0.2) is 10.2 Å².